The molecule has 0 radical (unpaired) electrons. The van der Waals surface area contributed by atoms with Crippen molar-refractivity contribution < 1.29 is 9.53 Å². The summed E-state index contributed by atoms with van der Waals surface area (Å²) < 4.78 is 7.27. The van der Waals surface area contributed by atoms with Gasteiger partial charge < -0.3 is 15.4 Å². The Hall–Kier alpha value is -1.56. The second-order valence-electron chi connectivity index (χ2n) is 5.74. The topological polar surface area (TPSA) is 68.2 Å². The van der Waals surface area contributed by atoms with E-state index in [1.807, 2.05) is 11.6 Å². The van der Waals surface area contributed by atoms with E-state index in [4.69, 9.17) is 4.74 Å². The number of urea groups is 1. The van der Waals surface area contributed by atoms with Crippen LogP contribution in [0.5, 0.6) is 0 Å². The number of carbonyl (C=O) groups excluding carboxylic acids is 1. The number of amides is 2. The number of anilines is 1. The molecule has 1 aliphatic heterocycles. The van der Waals surface area contributed by atoms with Crippen molar-refractivity contribution in [2.75, 3.05) is 25.1 Å². The third-order valence-electron chi connectivity index (χ3n) is 4.19. The normalized spacial score (nSPS) is 17.5. The molecule has 0 aromatic carbocycles. The Balaban J connectivity index is 1.83. The molecular formula is C15H26N4O2. The van der Waals surface area contributed by atoms with Crippen LogP contribution in [0.25, 0.3) is 0 Å². The fraction of sp³-hybridized carbons (Fsp3) is 0.733. The molecule has 0 unspecified atom stereocenters. The summed E-state index contributed by atoms with van der Waals surface area (Å²) >= 11 is 0. The van der Waals surface area contributed by atoms with Gasteiger partial charge >= 0.3 is 6.03 Å². The number of rotatable bonds is 5. The lowest BCUT2D eigenvalue weighted by molar-refractivity contribution is 0.0671. The first-order valence-corrected chi connectivity index (χ1v) is 7.78. The van der Waals surface area contributed by atoms with Crippen molar-refractivity contribution in [3.05, 3.63) is 11.9 Å². The molecular weight excluding hydrogens is 268 g/mol. The standard InChI is InChI=1S/C15H26N4O2/c1-4-11(2)19-12(3)14(10-17-19)18-15(20)16-9-13-5-7-21-8-6-13/h10-11,13H,4-9H2,1-3H3,(H2,16,18,20)/t11-/m1/s1. The second-order valence-corrected chi connectivity index (χ2v) is 5.74. The monoisotopic (exact) mass is 294 g/mol. The highest BCUT2D eigenvalue weighted by atomic mass is 16.5. The molecule has 6 heteroatoms. The lowest BCUT2D eigenvalue weighted by Gasteiger charge is -2.22. The van der Waals surface area contributed by atoms with Crippen LogP contribution in [0.1, 0.15) is 44.8 Å². The lowest BCUT2D eigenvalue weighted by atomic mass is 10.0. The number of carbonyl (C=O) groups is 1. The molecule has 1 fully saturated rings. The van der Waals surface area contributed by atoms with Crippen LogP contribution in [0.3, 0.4) is 0 Å². The van der Waals surface area contributed by atoms with E-state index in [0.717, 1.165) is 43.9 Å². The van der Waals surface area contributed by atoms with Gasteiger partial charge in [-0.3, -0.25) is 4.68 Å². The fourth-order valence-corrected chi connectivity index (χ4v) is 2.52. The number of aromatic nitrogens is 2. The summed E-state index contributed by atoms with van der Waals surface area (Å²) in [5, 5.41) is 10.2. The molecule has 2 N–H and O–H groups in total. The molecule has 1 saturated heterocycles. The molecule has 0 bridgehead atoms. The van der Waals surface area contributed by atoms with Gasteiger partial charge in [-0.25, -0.2) is 4.79 Å². The minimum Gasteiger partial charge on any atom is -0.381 e. The van der Waals surface area contributed by atoms with Crippen molar-refractivity contribution in [1.29, 1.82) is 0 Å². The highest BCUT2D eigenvalue weighted by Crippen LogP contribution is 2.19. The largest absolute Gasteiger partial charge is 0.381 e. The molecule has 2 amide bonds. The van der Waals surface area contributed by atoms with Gasteiger partial charge in [0.15, 0.2) is 0 Å². The van der Waals surface area contributed by atoms with Gasteiger partial charge in [0.25, 0.3) is 0 Å². The number of nitrogens with zero attached hydrogens (tertiary/aromatic N) is 2. The first-order chi connectivity index (χ1) is 10.1. The number of hydrogen-bond donors (Lipinski definition) is 2. The van der Waals surface area contributed by atoms with E-state index >= 15 is 0 Å². The Morgan fingerprint density at radius 1 is 1.52 bits per heavy atom. The van der Waals surface area contributed by atoms with Crippen molar-refractivity contribution in [3.8, 4) is 0 Å². The van der Waals surface area contributed by atoms with Crippen LogP contribution in [0.4, 0.5) is 10.5 Å². The van der Waals surface area contributed by atoms with E-state index in [9.17, 15) is 4.79 Å². The van der Waals surface area contributed by atoms with Gasteiger partial charge in [0.2, 0.25) is 0 Å². The minimum atomic E-state index is -0.159. The zero-order valence-electron chi connectivity index (χ0n) is 13.2. The predicted octanol–water partition coefficient (Wildman–Crippen LogP) is 2.71. The van der Waals surface area contributed by atoms with Gasteiger partial charge in [-0.1, -0.05) is 6.92 Å². The maximum Gasteiger partial charge on any atom is 0.319 e. The lowest BCUT2D eigenvalue weighted by Crippen LogP contribution is -2.35. The number of ether oxygens (including phenoxy) is 1. The average molecular weight is 294 g/mol. The maximum atomic E-state index is 12.0. The molecule has 118 valence electrons. The van der Waals surface area contributed by atoms with Crippen LogP contribution in [-0.2, 0) is 4.74 Å². The predicted molar refractivity (Wildman–Crippen MR) is 82.5 cm³/mol. The Morgan fingerprint density at radius 2 is 2.24 bits per heavy atom. The van der Waals surface area contributed by atoms with E-state index in [-0.39, 0.29) is 6.03 Å². The number of hydrogen-bond acceptors (Lipinski definition) is 3. The smallest absolute Gasteiger partial charge is 0.319 e. The molecule has 0 spiro atoms. The Morgan fingerprint density at radius 3 is 2.90 bits per heavy atom. The highest BCUT2D eigenvalue weighted by Gasteiger charge is 2.16. The molecule has 0 saturated carbocycles. The molecule has 1 aromatic heterocycles. The van der Waals surface area contributed by atoms with Crippen LogP contribution in [0.2, 0.25) is 0 Å². The SMILES string of the molecule is CC[C@@H](C)n1ncc(NC(=O)NCC2CCOCC2)c1C. The van der Waals surface area contributed by atoms with Gasteiger partial charge in [0.1, 0.15) is 0 Å². The summed E-state index contributed by atoms with van der Waals surface area (Å²) in [5.41, 5.74) is 1.77. The molecule has 2 heterocycles. The number of nitrogens with one attached hydrogen (secondary N) is 2. The van der Waals surface area contributed by atoms with Crippen molar-refractivity contribution in [2.45, 2.75) is 46.1 Å². The fourth-order valence-electron chi connectivity index (χ4n) is 2.52. The summed E-state index contributed by atoms with van der Waals surface area (Å²) in [5.74, 6) is 0.522. The summed E-state index contributed by atoms with van der Waals surface area (Å²) in [6.07, 6.45) is 4.77. The average Bonchev–Trinajstić information content (AvgIpc) is 2.86. The molecule has 2 rings (SSSR count). The van der Waals surface area contributed by atoms with Crippen molar-refractivity contribution in [2.24, 2.45) is 5.92 Å². The zero-order chi connectivity index (χ0) is 15.2. The highest BCUT2D eigenvalue weighted by molar-refractivity contribution is 5.89. The molecule has 1 aliphatic rings. The molecule has 6 nitrogen and oxygen atoms in total. The molecule has 1 atom stereocenters. The first-order valence-electron chi connectivity index (χ1n) is 7.78. The zero-order valence-corrected chi connectivity index (χ0v) is 13.2. The third kappa shape index (κ3) is 4.20. The van der Waals surface area contributed by atoms with Crippen LogP contribution < -0.4 is 10.6 Å². The minimum absolute atomic E-state index is 0.159. The van der Waals surface area contributed by atoms with E-state index in [2.05, 4.69) is 29.6 Å². The Labute approximate surface area is 126 Å². The molecule has 21 heavy (non-hydrogen) atoms. The van der Waals surface area contributed by atoms with E-state index in [0.29, 0.717) is 18.5 Å². The third-order valence-corrected chi connectivity index (χ3v) is 4.19. The van der Waals surface area contributed by atoms with Crippen LogP contribution >= 0.6 is 0 Å². The van der Waals surface area contributed by atoms with Gasteiger partial charge in [0, 0.05) is 25.8 Å². The summed E-state index contributed by atoms with van der Waals surface area (Å²) in [6.45, 7) is 8.53. The van der Waals surface area contributed by atoms with Gasteiger partial charge in [-0.15, -0.1) is 0 Å². The summed E-state index contributed by atoms with van der Waals surface area (Å²) in [6, 6.07) is 0.180. The van der Waals surface area contributed by atoms with Gasteiger partial charge in [0.05, 0.1) is 17.6 Å². The van der Waals surface area contributed by atoms with E-state index in [1.165, 1.54) is 0 Å². The van der Waals surface area contributed by atoms with E-state index < -0.39 is 0 Å². The van der Waals surface area contributed by atoms with Crippen LogP contribution in [0, 0.1) is 12.8 Å². The van der Waals surface area contributed by atoms with Crippen LogP contribution in [0.15, 0.2) is 6.20 Å². The van der Waals surface area contributed by atoms with Crippen molar-refractivity contribution in [3.63, 3.8) is 0 Å². The Bertz CT molecular complexity index is 466. The molecule has 0 aliphatic carbocycles. The quantitative estimate of drug-likeness (QED) is 0.877. The van der Waals surface area contributed by atoms with E-state index in [1.54, 1.807) is 6.20 Å². The Kier molecular flexibility index (Phi) is 5.61. The van der Waals surface area contributed by atoms with Gasteiger partial charge in [-0.2, -0.15) is 5.10 Å². The van der Waals surface area contributed by atoms with Crippen molar-refractivity contribution in [1.82, 2.24) is 15.1 Å². The molecule has 1 aromatic rings. The van der Waals surface area contributed by atoms with Crippen molar-refractivity contribution >= 4 is 11.7 Å². The first kappa shape index (κ1) is 15.8. The van der Waals surface area contributed by atoms with Crippen LogP contribution in [-0.4, -0.2) is 35.6 Å². The summed E-state index contributed by atoms with van der Waals surface area (Å²) in [7, 11) is 0. The summed E-state index contributed by atoms with van der Waals surface area (Å²) in [4.78, 5) is 12.0. The van der Waals surface area contributed by atoms with Gasteiger partial charge in [-0.05, 0) is 39.0 Å². The second kappa shape index (κ2) is 7.45. The maximum absolute atomic E-state index is 12.0.